The number of hydrogen-bond acceptors (Lipinski definition) is 6. The summed E-state index contributed by atoms with van der Waals surface area (Å²) in [4.78, 5) is 20.9. The summed E-state index contributed by atoms with van der Waals surface area (Å²) in [5.41, 5.74) is 2.71. The number of anilines is 3. The maximum Gasteiger partial charge on any atom is 0.337 e. The third-order valence-electron chi connectivity index (χ3n) is 3.98. The number of rotatable bonds is 7. The molecule has 2 aromatic carbocycles. The molecule has 0 spiro atoms. The first-order chi connectivity index (χ1) is 13.6. The Morgan fingerprint density at radius 1 is 1.11 bits per heavy atom. The second-order valence-corrected chi connectivity index (χ2v) is 6.47. The van der Waals surface area contributed by atoms with E-state index in [0.717, 1.165) is 24.2 Å². The Hall–Kier alpha value is -3.12. The van der Waals surface area contributed by atoms with Gasteiger partial charge in [-0.3, -0.25) is 0 Å². The van der Waals surface area contributed by atoms with E-state index in [9.17, 15) is 4.79 Å². The fourth-order valence-corrected chi connectivity index (χ4v) is 2.75. The number of carbonyl (C=O) groups excluding carboxylic acids is 1. The van der Waals surface area contributed by atoms with Crippen LogP contribution in [0.3, 0.4) is 0 Å². The molecule has 1 heterocycles. The Bertz CT molecular complexity index is 964. The highest BCUT2D eigenvalue weighted by molar-refractivity contribution is 6.33. The number of benzene rings is 2. The van der Waals surface area contributed by atoms with Crippen LogP contribution in [-0.2, 0) is 4.74 Å². The van der Waals surface area contributed by atoms with E-state index < -0.39 is 5.97 Å². The van der Waals surface area contributed by atoms with Gasteiger partial charge in [-0.25, -0.2) is 9.78 Å². The normalized spacial score (nSPS) is 10.4. The molecule has 1 aromatic heterocycles. The number of carbonyl (C=O) groups is 1. The molecule has 0 aliphatic heterocycles. The number of halogens is 1. The van der Waals surface area contributed by atoms with Gasteiger partial charge < -0.3 is 15.4 Å². The minimum Gasteiger partial charge on any atom is -0.465 e. The quantitative estimate of drug-likeness (QED) is 0.538. The molecule has 2 N–H and O–H groups in total. The van der Waals surface area contributed by atoms with Crippen molar-refractivity contribution < 1.29 is 9.53 Å². The van der Waals surface area contributed by atoms with E-state index in [2.05, 4.69) is 27.5 Å². The molecule has 3 aromatic rings. The maximum absolute atomic E-state index is 11.8. The van der Waals surface area contributed by atoms with Crippen LogP contribution >= 0.6 is 11.6 Å². The zero-order chi connectivity index (χ0) is 19.9. The van der Waals surface area contributed by atoms with Crippen LogP contribution in [-0.4, -0.2) is 29.6 Å². The molecule has 0 fully saturated rings. The number of hydrogen-bond donors (Lipinski definition) is 2. The maximum atomic E-state index is 11.8. The lowest BCUT2D eigenvalue weighted by atomic mass is 10.1. The van der Waals surface area contributed by atoms with Gasteiger partial charge in [-0.2, -0.15) is 4.98 Å². The number of ether oxygens (including phenoxy) is 1. The van der Waals surface area contributed by atoms with Gasteiger partial charge in [0, 0.05) is 18.2 Å². The molecule has 28 heavy (non-hydrogen) atoms. The van der Waals surface area contributed by atoms with Crippen molar-refractivity contribution in [2.75, 3.05) is 24.3 Å². The van der Waals surface area contributed by atoms with E-state index in [-0.39, 0.29) is 0 Å². The first-order valence-electron chi connectivity index (χ1n) is 8.94. The highest BCUT2D eigenvalue weighted by Crippen LogP contribution is 2.28. The van der Waals surface area contributed by atoms with Crippen LogP contribution in [0.5, 0.6) is 0 Å². The zero-order valence-electron chi connectivity index (χ0n) is 15.7. The van der Waals surface area contributed by atoms with Gasteiger partial charge in [0.2, 0.25) is 5.95 Å². The lowest BCUT2D eigenvalue weighted by molar-refractivity contribution is 0.0601. The zero-order valence-corrected chi connectivity index (χ0v) is 16.5. The molecule has 0 unspecified atom stereocenters. The van der Waals surface area contributed by atoms with Crippen molar-refractivity contribution in [3.05, 3.63) is 65.2 Å². The number of aromatic nitrogens is 2. The molecule has 0 aliphatic rings. The predicted molar refractivity (Wildman–Crippen MR) is 112 cm³/mol. The number of nitrogens with zero attached hydrogens (tertiary/aromatic N) is 2. The number of nitrogens with one attached hydrogen (secondary N) is 2. The van der Waals surface area contributed by atoms with E-state index in [4.69, 9.17) is 16.3 Å². The molecule has 144 valence electrons. The first-order valence-corrected chi connectivity index (χ1v) is 9.31. The van der Waals surface area contributed by atoms with Crippen molar-refractivity contribution in [3.8, 4) is 11.3 Å². The standard InChI is InChI=1S/C21H21ClN4O2/c1-3-11-23-21-25-17(14-7-5-4-6-8-14)13-19(26-21)24-18-12-15(20(27)28-2)9-10-16(18)22/h4-10,12-13H,3,11H2,1-2H3,(H2,23,24,25,26). The van der Waals surface area contributed by atoms with Crippen LogP contribution in [0.4, 0.5) is 17.5 Å². The van der Waals surface area contributed by atoms with E-state index >= 15 is 0 Å². The smallest absolute Gasteiger partial charge is 0.337 e. The van der Waals surface area contributed by atoms with Gasteiger partial charge in [-0.05, 0) is 24.6 Å². The van der Waals surface area contributed by atoms with Crippen molar-refractivity contribution in [2.45, 2.75) is 13.3 Å². The summed E-state index contributed by atoms with van der Waals surface area (Å²) in [7, 11) is 1.34. The third-order valence-corrected chi connectivity index (χ3v) is 4.31. The average molecular weight is 397 g/mol. The molecule has 0 atom stereocenters. The molecule has 3 rings (SSSR count). The van der Waals surface area contributed by atoms with Crippen LogP contribution in [0.25, 0.3) is 11.3 Å². The van der Waals surface area contributed by atoms with Crippen molar-refractivity contribution >= 4 is 35.0 Å². The second-order valence-electron chi connectivity index (χ2n) is 6.07. The van der Waals surface area contributed by atoms with E-state index in [1.807, 2.05) is 36.4 Å². The predicted octanol–water partition coefficient (Wildman–Crippen LogP) is 5.15. The summed E-state index contributed by atoms with van der Waals surface area (Å²) in [6.07, 6.45) is 0.953. The number of methoxy groups -OCH3 is 1. The fourth-order valence-electron chi connectivity index (χ4n) is 2.59. The molecule has 0 radical (unpaired) electrons. The highest BCUT2D eigenvalue weighted by Gasteiger charge is 2.12. The summed E-state index contributed by atoms with van der Waals surface area (Å²) in [6.45, 7) is 2.83. The summed E-state index contributed by atoms with van der Waals surface area (Å²) >= 11 is 6.30. The largest absolute Gasteiger partial charge is 0.465 e. The van der Waals surface area contributed by atoms with Gasteiger partial charge >= 0.3 is 5.97 Å². The van der Waals surface area contributed by atoms with E-state index in [1.165, 1.54) is 7.11 Å². The molecule has 0 saturated heterocycles. The molecule has 7 heteroatoms. The molecule has 0 bridgehead atoms. The summed E-state index contributed by atoms with van der Waals surface area (Å²) in [5, 5.41) is 6.87. The topological polar surface area (TPSA) is 76.1 Å². The van der Waals surface area contributed by atoms with Crippen LogP contribution < -0.4 is 10.6 Å². The highest BCUT2D eigenvalue weighted by atomic mass is 35.5. The van der Waals surface area contributed by atoms with Gasteiger partial charge in [0.1, 0.15) is 5.82 Å². The van der Waals surface area contributed by atoms with Crippen LogP contribution in [0.15, 0.2) is 54.6 Å². The minimum atomic E-state index is -0.433. The van der Waals surface area contributed by atoms with Gasteiger partial charge in [0.25, 0.3) is 0 Å². The van der Waals surface area contributed by atoms with Gasteiger partial charge in [0.05, 0.1) is 29.1 Å². The Balaban J connectivity index is 1.98. The lowest BCUT2D eigenvalue weighted by Crippen LogP contribution is -2.07. The van der Waals surface area contributed by atoms with Crippen molar-refractivity contribution in [1.82, 2.24) is 9.97 Å². The molecule has 0 amide bonds. The summed E-state index contributed by atoms with van der Waals surface area (Å²) in [5.74, 6) is 0.653. The molecule has 0 aliphatic carbocycles. The molecular formula is C21H21ClN4O2. The average Bonchev–Trinajstić information content (AvgIpc) is 2.73. The van der Waals surface area contributed by atoms with Gasteiger partial charge in [0.15, 0.2) is 0 Å². The fraction of sp³-hybridized carbons (Fsp3) is 0.190. The molecular weight excluding hydrogens is 376 g/mol. The van der Waals surface area contributed by atoms with E-state index in [0.29, 0.717) is 28.0 Å². The second kappa shape index (κ2) is 9.19. The van der Waals surface area contributed by atoms with Gasteiger partial charge in [-0.15, -0.1) is 0 Å². The summed E-state index contributed by atoms with van der Waals surface area (Å²) in [6, 6.07) is 16.6. The molecule has 0 saturated carbocycles. The Kier molecular flexibility index (Phi) is 6.45. The van der Waals surface area contributed by atoms with Crippen LogP contribution in [0, 0.1) is 0 Å². The number of esters is 1. The minimum absolute atomic E-state index is 0.399. The van der Waals surface area contributed by atoms with Crippen molar-refractivity contribution in [1.29, 1.82) is 0 Å². The Morgan fingerprint density at radius 2 is 1.89 bits per heavy atom. The molecule has 6 nitrogen and oxygen atoms in total. The van der Waals surface area contributed by atoms with Crippen molar-refractivity contribution in [3.63, 3.8) is 0 Å². The lowest BCUT2D eigenvalue weighted by Gasteiger charge is -2.13. The SMILES string of the molecule is CCCNc1nc(Nc2cc(C(=O)OC)ccc2Cl)cc(-c2ccccc2)n1. The third kappa shape index (κ3) is 4.78. The first kappa shape index (κ1) is 19.6. The summed E-state index contributed by atoms with van der Waals surface area (Å²) < 4.78 is 4.78. The Morgan fingerprint density at radius 3 is 2.61 bits per heavy atom. The van der Waals surface area contributed by atoms with Crippen molar-refractivity contribution in [2.24, 2.45) is 0 Å². The van der Waals surface area contributed by atoms with E-state index in [1.54, 1.807) is 18.2 Å². The van der Waals surface area contributed by atoms with Crippen LogP contribution in [0.2, 0.25) is 5.02 Å². The Labute approximate surface area is 168 Å². The van der Waals surface area contributed by atoms with Crippen LogP contribution in [0.1, 0.15) is 23.7 Å². The monoisotopic (exact) mass is 396 g/mol. The van der Waals surface area contributed by atoms with Gasteiger partial charge in [-0.1, -0.05) is 48.9 Å².